The SMILES string of the molecule is COc1ccccc1-c1cc(C(=O)N/N=C(/C)c2ccc(N)cc2)[nH]n1. The van der Waals surface area contributed by atoms with E-state index in [2.05, 4.69) is 20.7 Å². The molecule has 0 radical (unpaired) electrons. The molecule has 132 valence electrons. The number of hydrogen-bond acceptors (Lipinski definition) is 5. The monoisotopic (exact) mass is 349 g/mol. The Morgan fingerprint density at radius 3 is 2.65 bits per heavy atom. The number of nitrogens with two attached hydrogens (primary N) is 1. The minimum atomic E-state index is -0.381. The van der Waals surface area contributed by atoms with Gasteiger partial charge >= 0.3 is 0 Å². The van der Waals surface area contributed by atoms with Crippen LogP contribution in [-0.2, 0) is 0 Å². The lowest BCUT2D eigenvalue weighted by molar-refractivity contribution is 0.0950. The van der Waals surface area contributed by atoms with E-state index in [9.17, 15) is 4.79 Å². The molecule has 1 aromatic heterocycles. The molecule has 0 saturated carbocycles. The molecule has 0 fully saturated rings. The number of carbonyl (C=O) groups is 1. The van der Waals surface area contributed by atoms with Gasteiger partial charge in [0.15, 0.2) is 0 Å². The summed E-state index contributed by atoms with van der Waals surface area (Å²) in [4.78, 5) is 12.3. The van der Waals surface area contributed by atoms with Crippen LogP contribution >= 0.6 is 0 Å². The summed E-state index contributed by atoms with van der Waals surface area (Å²) < 4.78 is 5.32. The number of H-pyrrole nitrogens is 1. The molecule has 2 aromatic carbocycles. The molecule has 26 heavy (non-hydrogen) atoms. The van der Waals surface area contributed by atoms with Crippen LogP contribution in [-0.4, -0.2) is 28.9 Å². The van der Waals surface area contributed by atoms with Gasteiger partial charge in [0.1, 0.15) is 11.4 Å². The second-order valence-electron chi connectivity index (χ2n) is 5.63. The van der Waals surface area contributed by atoms with Crippen molar-refractivity contribution in [2.45, 2.75) is 6.92 Å². The van der Waals surface area contributed by atoms with Crippen molar-refractivity contribution in [3.63, 3.8) is 0 Å². The fourth-order valence-electron chi connectivity index (χ4n) is 2.42. The molecule has 0 unspecified atom stereocenters. The first kappa shape index (κ1) is 17.2. The summed E-state index contributed by atoms with van der Waals surface area (Å²) in [6, 6.07) is 16.4. The Labute approximate surface area is 150 Å². The number of aromatic amines is 1. The maximum Gasteiger partial charge on any atom is 0.289 e. The molecule has 4 N–H and O–H groups in total. The lowest BCUT2D eigenvalue weighted by Crippen LogP contribution is -2.19. The number of ether oxygens (including phenoxy) is 1. The maximum atomic E-state index is 12.3. The molecule has 3 aromatic rings. The number of rotatable bonds is 5. The number of nitrogens with one attached hydrogen (secondary N) is 2. The van der Waals surface area contributed by atoms with Crippen molar-refractivity contribution in [1.82, 2.24) is 15.6 Å². The summed E-state index contributed by atoms with van der Waals surface area (Å²) in [7, 11) is 1.59. The highest BCUT2D eigenvalue weighted by Gasteiger charge is 2.13. The number of aromatic nitrogens is 2. The van der Waals surface area contributed by atoms with E-state index in [4.69, 9.17) is 10.5 Å². The molecule has 0 saturated heterocycles. The van der Waals surface area contributed by atoms with E-state index in [1.165, 1.54) is 0 Å². The topological polar surface area (TPSA) is 105 Å². The van der Waals surface area contributed by atoms with Gasteiger partial charge in [0.2, 0.25) is 0 Å². The number of para-hydroxylation sites is 1. The quantitative estimate of drug-likeness (QED) is 0.374. The van der Waals surface area contributed by atoms with Crippen LogP contribution in [0, 0.1) is 0 Å². The molecule has 0 spiro atoms. The first-order chi connectivity index (χ1) is 12.6. The van der Waals surface area contributed by atoms with Crippen molar-refractivity contribution < 1.29 is 9.53 Å². The number of methoxy groups -OCH3 is 1. The molecule has 0 aliphatic carbocycles. The van der Waals surface area contributed by atoms with Gasteiger partial charge in [0.25, 0.3) is 5.91 Å². The summed E-state index contributed by atoms with van der Waals surface area (Å²) in [5.41, 5.74) is 12.1. The van der Waals surface area contributed by atoms with Gasteiger partial charge in [0.05, 0.1) is 18.5 Å². The standard InChI is InChI=1S/C19H19N5O2/c1-12(13-7-9-14(20)10-8-13)21-24-19(25)17-11-16(22-23-17)15-5-3-4-6-18(15)26-2/h3-11H,20H2,1-2H3,(H,22,23)(H,24,25)/b21-12-. The Bertz CT molecular complexity index is 945. The Balaban J connectivity index is 1.74. The number of carbonyl (C=O) groups excluding carboxylic acids is 1. The van der Waals surface area contributed by atoms with Crippen LogP contribution in [0.4, 0.5) is 5.69 Å². The van der Waals surface area contributed by atoms with Crippen LogP contribution in [0.2, 0.25) is 0 Å². The summed E-state index contributed by atoms with van der Waals surface area (Å²) in [5.74, 6) is 0.302. The van der Waals surface area contributed by atoms with Crippen LogP contribution in [0.5, 0.6) is 5.75 Å². The summed E-state index contributed by atoms with van der Waals surface area (Å²) in [6.07, 6.45) is 0. The third kappa shape index (κ3) is 3.72. The third-order valence-electron chi connectivity index (χ3n) is 3.86. The predicted molar refractivity (Wildman–Crippen MR) is 101 cm³/mol. The smallest absolute Gasteiger partial charge is 0.289 e. The van der Waals surface area contributed by atoms with Gasteiger partial charge < -0.3 is 10.5 Å². The van der Waals surface area contributed by atoms with E-state index in [1.807, 2.05) is 36.4 Å². The minimum absolute atomic E-state index is 0.305. The van der Waals surface area contributed by atoms with Crippen LogP contribution in [0.25, 0.3) is 11.3 Å². The van der Waals surface area contributed by atoms with Crippen molar-refractivity contribution in [2.75, 3.05) is 12.8 Å². The fourth-order valence-corrected chi connectivity index (χ4v) is 2.42. The lowest BCUT2D eigenvalue weighted by atomic mass is 10.1. The van der Waals surface area contributed by atoms with Crippen molar-refractivity contribution >= 4 is 17.3 Å². The Morgan fingerprint density at radius 2 is 1.92 bits per heavy atom. The highest BCUT2D eigenvalue weighted by atomic mass is 16.5. The van der Waals surface area contributed by atoms with Crippen LogP contribution in [0.3, 0.4) is 0 Å². The first-order valence-corrected chi connectivity index (χ1v) is 7.98. The van der Waals surface area contributed by atoms with Crippen LogP contribution in [0.1, 0.15) is 23.0 Å². The van der Waals surface area contributed by atoms with E-state index in [0.717, 1.165) is 11.1 Å². The van der Waals surface area contributed by atoms with E-state index < -0.39 is 0 Å². The maximum absolute atomic E-state index is 12.3. The molecule has 7 nitrogen and oxygen atoms in total. The second-order valence-corrected chi connectivity index (χ2v) is 5.63. The number of hydrogen-bond donors (Lipinski definition) is 3. The van der Waals surface area contributed by atoms with Crippen molar-refractivity contribution in [2.24, 2.45) is 5.10 Å². The zero-order chi connectivity index (χ0) is 18.5. The number of anilines is 1. The fraction of sp³-hybridized carbons (Fsp3) is 0.105. The van der Waals surface area contributed by atoms with Gasteiger partial charge in [-0.3, -0.25) is 9.89 Å². The van der Waals surface area contributed by atoms with Crippen LogP contribution < -0.4 is 15.9 Å². The number of amides is 1. The number of benzene rings is 2. The van der Waals surface area contributed by atoms with E-state index in [1.54, 1.807) is 32.2 Å². The van der Waals surface area contributed by atoms with Gasteiger partial charge in [-0.1, -0.05) is 24.3 Å². The van der Waals surface area contributed by atoms with Gasteiger partial charge in [-0.15, -0.1) is 0 Å². The van der Waals surface area contributed by atoms with Gasteiger partial charge in [-0.25, -0.2) is 5.43 Å². The molecule has 0 atom stereocenters. The molecular weight excluding hydrogens is 330 g/mol. The molecule has 0 aliphatic heterocycles. The molecule has 1 heterocycles. The molecule has 0 aliphatic rings. The Morgan fingerprint density at radius 1 is 1.19 bits per heavy atom. The van der Waals surface area contributed by atoms with Gasteiger partial charge in [-0.05, 0) is 42.8 Å². The zero-order valence-corrected chi connectivity index (χ0v) is 14.5. The lowest BCUT2D eigenvalue weighted by Gasteiger charge is -2.04. The Kier molecular flexibility index (Phi) is 4.98. The largest absolute Gasteiger partial charge is 0.496 e. The van der Waals surface area contributed by atoms with Crippen LogP contribution in [0.15, 0.2) is 59.7 Å². The highest BCUT2D eigenvalue weighted by Crippen LogP contribution is 2.28. The molecule has 3 rings (SSSR count). The number of nitrogens with zero attached hydrogens (tertiary/aromatic N) is 2. The van der Waals surface area contributed by atoms with Crippen molar-refractivity contribution in [3.05, 3.63) is 65.9 Å². The summed E-state index contributed by atoms with van der Waals surface area (Å²) in [5, 5.41) is 11.0. The Hall–Kier alpha value is -3.61. The average molecular weight is 349 g/mol. The van der Waals surface area contributed by atoms with E-state index >= 15 is 0 Å². The first-order valence-electron chi connectivity index (χ1n) is 7.98. The summed E-state index contributed by atoms with van der Waals surface area (Å²) in [6.45, 7) is 1.80. The third-order valence-corrected chi connectivity index (χ3v) is 3.86. The average Bonchev–Trinajstić information content (AvgIpc) is 3.16. The number of hydrazone groups is 1. The molecule has 7 heteroatoms. The van der Waals surface area contributed by atoms with Crippen molar-refractivity contribution in [3.8, 4) is 17.0 Å². The van der Waals surface area contributed by atoms with E-state index in [0.29, 0.717) is 28.5 Å². The minimum Gasteiger partial charge on any atom is -0.496 e. The molecular formula is C19H19N5O2. The molecule has 1 amide bonds. The number of nitrogen functional groups attached to an aromatic ring is 1. The predicted octanol–water partition coefficient (Wildman–Crippen LogP) is 2.82. The van der Waals surface area contributed by atoms with Gasteiger partial charge in [0, 0.05) is 11.3 Å². The van der Waals surface area contributed by atoms with Gasteiger partial charge in [-0.2, -0.15) is 10.2 Å². The normalized spacial score (nSPS) is 11.2. The summed E-state index contributed by atoms with van der Waals surface area (Å²) >= 11 is 0. The highest BCUT2D eigenvalue weighted by molar-refractivity contribution is 6.00. The second kappa shape index (κ2) is 7.52. The van der Waals surface area contributed by atoms with E-state index in [-0.39, 0.29) is 5.91 Å². The zero-order valence-electron chi connectivity index (χ0n) is 14.5. The molecule has 0 bridgehead atoms. The van der Waals surface area contributed by atoms with Crippen molar-refractivity contribution in [1.29, 1.82) is 0 Å².